The van der Waals surface area contributed by atoms with Gasteiger partial charge in [-0.25, -0.2) is 14.2 Å². The highest BCUT2D eigenvalue weighted by Gasteiger charge is 2.23. The maximum atomic E-state index is 14.8. The van der Waals surface area contributed by atoms with E-state index in [0.717, 1.165) is 16.6 Å². The summed E-state index contributed by atoms with van der Waals surface area (Å²) in [4.78, 5) is 26.9. The van der Waals surface area contributed by atoms with E-state index in [1.807, 2.05) is 18.2 Å². The van der Waals surface area contributed by atoms with E-state index < -0.39 is 11.5 Å². The third-order valence-corrected chi connectivity index (χ3v) is 5.39. The van der Waals surface area contributed by atoms with Crippen LogP contribution in [0.2, 0.25) is 5.02 Å². The molecule has 7 heteroatoms. The van der Waals surface area contributed by atoms with Gasteiger partial charge in [0.25, 0.3) is 0 Å². The highest BCUT2D eigenvalue weighted by atomic mass is 35.5. The van der Waals surface area contributed by atoms with Crippen molar-refractivity contribution >= 4 is 17.5 Å². The van der Waals surface area contributed by atoms with Gasteiger partial charge in [-0.2, -0.15) is 0 Å². The first kappa shape index (κ1) is 18.4. The molecule has 2 aromatic carbocycles. The quantitative estimate of drug-likeness (QED) is 0.733. The van der Waals surface area contributed by atoms with Crippen molar-refractivity contribution < 1.29 is 9.18 Å². The third-order valence-electron chi connectivity index (χ3n) is 4.96. The standard InChI is InChI=1S/C21H17ClFN3O2/c22-20-15(3-1-4-16(20)14-6-8-19(27)25-12-14)13-5-7-18(17(23)11-13)26-10-2-9-24-21(26)28/h1-5,7,9-11,14H,6,8,12H2,(H,25,27). The van der Waals surface area contributed by atoms with Gasteiger partial charge >= 0.3 is 5.69 Å². The van der Waals surface area contributed by atoms with Gasteiger partial charge in [-0.05, 0) is 35.7 Å². The van der Waals surface area contributed by atoms with Gasteiger partial charge in [0.15, 0.2) is 0 Å². The van der Waals surface area contributed by atoms with E-state index in [-0.39, 0.29) is 17.5 Å². The maximum Gasteiger partial charge on any atom is 0.352 e. The van der Waals surface area contributed by atoms with Crippen LogP contribution in [0, 0.1) is 5.82 Å². The topological polar surface area (TPSA) is 64.0 Å². The van der Waals surface area contributed by atoms with Crippen LogP contribution in [-0.2, 0) is 4.79 Å². The fraction of sp³-hybridized carbons (Fsp3) is 0.190. The lowest BCUT2D eigenvalue weighted by Crippen LogP contribution is -2.33. The first-order valence-corrected chi connectivity index (χ1v) is 9.31. The lowest BCUT2D eigenvalue weighted by molar-refractivity contribution is -0.122. The van der Waals surface area contributed by atoms with Gasteiger partial charge < -0.3 is 5.32 Å². The van der Waals surface area contributed by atoms with E-state index in [9.17, 15) is 14.0 Å². The minimum atomic E-state index is -0.548. The first-order valence-electron chi connectivity index (χ1n) is 8.93. The first-order chi connectivity index (χ1) is 13.5. The Morgan fingerprint density at radius 3 is 2.75 bits per heavy atom. The molecule has 2 heterocycles. The molecule has 0 radical (unpaired) electrons. The van der Waals surface area contributed by atoms with E-state index in [1.54, 1.807) is 12.1 Å². The summed E-state index contributed by atoms with van der Waals surface area (Å²) < 4.78 is 15.9. The molecule has 0 aliphatic carbocycles. The Morgan fingerprint density at radius 2 is 2.04 bits per heavy atom. The van der Waals surface area contributed by atoms with Gasteiger partial charge in [-0.1, -0.05) is 35.9 Å². The summed E-state index contributed by atoms with van der Waals surface area (Å²) in [6, 6.07) is 11.8. The fourth-order valence-corrected chi connectivity index (χ4v) is 3.89. The monoisotopic (exact) mass is 397 g/mol. The van der Waals surface area contributed by atoms with E-state index in [4.69, 9.17) is 11.6 Å². The lowest BCUT2D eigenvalue weighted by Gasteiger charge is -2.24. The number of aromatic nitrogens is 2. The van der Waals surface area contributed by atoms with Crippen molar-refractivity contribution in [2.75, 3.05) is 6.54 Å². The second kappa shape index (κ2) is 7.56. The molecular formula is C21H17ClFN3O2. The van der Waals surface area contributed by atoms with Crippen molar-refractivity contribution in [2.45, 2.75) is 18.8 Å². The lowest BCUT2D eigenvalue weighted by atomic mass is 9.89. The summed E-state index contributed by atoms with van der Waals surface area (Å²) in [5, 5.41) is 3.41. The molecule has 1 aromatic heterocycles. The zero-order chi connectivity index (χ0) is 19.7. The summed E-state index contributed by atoms with van der Waals surface area (Å²) in [6.07, 6.45) is 4.03. The minimum Gasteiger partial charge on any atom is -0.355 e. The molecule has 1 N–H and O–H groups in total. The molecule has 1 fully saturated rings. The summed E-state index contributed by atoms with van der Waals surface area (Å²) in [7, 11) is 0. The minimum absolute atomic E-state index is 0.0480. The van der Waals surface area contributed by atoms with E-state index in [1.165, 1.54) is 24.5 Å². The summed E-state index contributed by atoms with van der Waals surface area (Å²) in [6.45, 7) is 0.541. The molecule has 0 spiro atoms. The van der Waals surface area contributed by atoms with Crippen LogP contribution in [0.5, 0.6) is 0 Å². The van der Waals surface area contributed by atoms with Gasteiger partial charge in [0.1, 0.15) is 5.82 Å². The van der Waals surface area contributed by atoms with Crippen molar-refractivity contribution in [1.29, 1.82) is 0 Å². The van der Waals surface area contributed by atoms with Crippen LogP contribution in [0.25, 0.3) is 16.8 Å². The van der Waals surface area contributed by atoms with Crippen LogP contribution < -0.4 is 11.0 Å². The summed E-state index contributed by atoms with van der Waals surface area (Å²) >= 11 is 6.65. The molecular weight excluding hydrogens is 381 g/mol. The summed E-state index contributed by atoms with van der Waals surface area (Å²) in [5.41, 5.74) is 1.84. The Kier molecular flexibility index (Phi) is 4.96. The number of hydrogen-bond donors (Lipinski definition) is 1. The molecule has 4 rings (SSSR count). The van der Waals surface area contributed by atoms with E-state index >= 15 is 0 Å². The van der Waals surface area contributed by atoms with Crippen molar-refractivity contribution in [3.05, 3.63) is 81.7 Å². The Hall–Kier alpha value is -2.99. The molecule has 28 heavy (non-hydrogen) atoms. The molecule has 1 aliphatic heterocycles. The molecule has 3 aromatic rings. The van der Waals surface area contributed by atoms with Gasteiger partial charge in [0.2, 0.25) is 5.91 Å². The summed E-state index contributed by atoms with van der Waals surface area (Å²) in [5.74, 6) is -0.367. The number of amides is 1. The Balaban J connectivity index is 1.71. The van der Waals surface area contributed by atoms with Crippen LogP contribution in [-0.4, -0.2) is 22.0 Å². The number of hydrogen-bond acceptors (Lipinski definition) is 3. The molecule has 142 valence electrons. The van der Waals surface area contributed by atoms with Crippen LogP contribution in [0.15, 0.2) is 59.7 Å². The molecule has 1 atom stereocenters. The maximum absolute atomic E-state index is 14.8. The second-order valence-corrected chi connectivity index (χ2v) is 7.06. The Labute approximate surface area is 165 Å². The SMILES string of the molecule is O=C1CCC(c2cccc(-c3ccc(-n4cccnc4=O)c(F)c3)c2Cl)CN1. The average molecular weight is 398 g/mol. The number of carbonyl (C=O) groups excluding carboxylic acids is 1. The Morgan fingerprint density at radius 1 is 1.18 bits per heavy atom. The fourth-order valence-electron chi connectivity index (χ4n) is 3.50. The molecule has 1 aliphatic rings. The smallest absolute Gasteiger partial charge is 0.352 e. The number of halogens is 2. The molecule has 0 bridgehead atoms. The third kappa shape index (κ3) is 3.43. The Bertz CT molecular complexity index is 1100. The molecule has 0 saturated carbocycles. The number of nitrogens with one attached hydrogen (secondary N) is 1. The highest BCUT2D eigenvalue weighted by Crippen LogP contribution is 2.37. The van der Waals surface area contributed by atoms with Gasteiger partial charge in [-0.3, -0.25) is 9.36 Å². The van der Waals surface area contributed by atoms with Crippen LogP contribution >= 0.6 is 11.6 Å². The highest BCUT2D eigenvalue weighted by molar-refractivity contribution is 6.34. The van der Waals surface area contributed by atoms with Crippen molar-refractivity contribution in [2.24, 2.45) is 0 Å². The normalized spacial score (nSPS) is 16.6. The van der Waals surface area contributed by atoms with Crippen molar-refractivity contribution in [3.63, 3.8) is 0 Å². The van der Waals surface area contributed by atoms with Gasteiger partial charge in [0.05, 0.1) is 10.7 Å². The zero-order valence-corrected chi connectivity index (χ0v) is 15.6. The number of rotatable bonds is 3. The predicted molar refractivity (Wildman–Crippen MR) is 105 cm³/mol. The van der Waals surface area contributed by atoms with Crippen LogP contribution in [0.4, 0.5) is 4.39 Å². The predicted octanol–water partition coefficient (Wildman–Crippen LogP) is 3.69. The molecule has 5 nitrogen and oxygen atoms in total. The molecule has 1 amide bonds. The average Bonchev–Trinajstić information content (AvgIpc) is 2.70. The molecule has 1 saturated heterocycles. The number of benzene rings is 2. The zero-order valence-electron chi connectivity index (χ0n) is 14.9. The van der Waals surface area contributed by atoms with Crippen LogP contribution in [0.3, 0.4) is 0 Å². The largest absolute Gasteiger partial charge is 0.355 e. The second-order valence-electron chi connectivity index (χ2n) is 6.69. The van der Waals surface area contributed by atoms with E-state index in [2.05, 4.69) is 10.3 Å². The van der Waals surface area contributed by atoms with Gasteiger partial charge in [-0.15, -0.1) is 0 Å². The molecule has 1 unspecified atom stereocenters. The van der Waals surface area contributed by atoms with Crippen molar-refractivity contribution in [3.8, 4) is 16.8 Å². The van der Waals surface area contributed by atoms with E-state index in [0.29, 0.717) is 29.1 Å². The number of piperidine rings is 1. The van der Waals surface area contributed by atoms with Crippen LogP contribution in [0.1, 0.15) is 24.3 Å². The van der Waals surface area contributed by atoms with Gasteiger partial charge in [0, 0.05) is 36.8 Å². The number of nitrogens with zero attached hydrogens (tertiary/aromatic N) is 2. The van der Waals surface area contributed by atoms with Crippen molar-refractivity contribution in [1.82, 2.24) is 14.9 Å². The number of carbonyl (C=O) groups is 1.